The van der Waals surface area contributed by atoms with Gasteiger partial charge in [0.2, 0.25) is 5.91 Å². The molecule has 0 saturated carbocycles. The van der Waals surface area contributed by atoms with Gasteiger partial charge in [0.1, 0.15) is 18.1 Å². The highest BCUT2D eigenvalue weighted by molar-refractivity contribution is 8.18. The normalized spacial score (nSPS) is 16.7. The Hall–Kier alpha value is -4.42. The van der Waals surface area contributed by atoms with Crippen molar-refractivity contribution < 1.29 is 28.5 Å². The minimum atomic E-state index is -0.605. The van der Waals surface area contributed by atoms with E-state index in [9.17, 15) is 24.5 Å². The number of hydrogen-bond donors (Lipinski definition) is 1. The average molecular weight is 549 g/mol. The Labute approximate surface area is 227 Å². The molecule has 11 nitrogen and oxygen atoms in total. The van der Waals surface area contributed by atoms with Crippen LogP contribution in [0.4, 0.5) is 21.9 Å². The summed E-state index contributed by atoms with van der Waals surface area (Å²) in [6.07, 6.45) is 1.42. The van der Waals surface area contributed by atoms with Crippen LogP contribution in [0.1, 0.15) is 11.3 Å². The third-order valence-electron chi connectivity index (χ3n) is 6.29. The summed E-state index contributed by atoms with van der Waals surface area (Å²) < 4.78 is 11.1. The van der Waals surface area contributed by atoms with Gasteiger partial charge in [0, 0.05) is 47.7 Å². The average Bonchev–Trinajstić information content (AvgIpc) is 3.50. The van der Waals surface area contributed by atoms with Crippen LogP contribution >= 0.6 is 11.8 Å². The highest BCUT2D eigenvalue weighted by Gasteiger charge is 2.36. The standard InChI is InChI=1S/C27H24N4O7S/c1-17-2-3-18(14-22(17)31(35)36)23-9-8-21(38-23)15-24-26(33)30(27(34)39-24)16-25(32)28-19-4-6-20(7-5-19)29-10-12-37-13-11-29/h2-9,14-15H,10-13,16H2,1H3,(H,28,32)/b24-15+. The first-order valence-electron chi connectivity index (χ1n) is 12.1. The molecule has 3 aromatic rings. The number of amides is 3. The van der Waals surface area contributed by atoms with Crippen LogP contribution in [-0.2, 0) is 14.3 Å². The number of morpholine rings is 1. The number of carbonyl (C=O) groups excluding carboxylic acids is 3. The van der Waals surface area contributed by atoms with Gasteiger partial charge in [-0.25, -0.2) is 0 Å². The van der Waals surface area contributed by atoms with Gasteiger partial charge >= 0.3 is 0 Å². The van der Waals surface area contributed by atoms with Gasteiger partial charge in [0.25, 0.3) is 16.8 Å². The lowest BCUT2D eigenvalue weighted by Crippen LogP contribution is -2.36. The quantitative estimate of drug-likeness (QED) is 0.254. The maximum Gasteiger partial charge on any atom is 0.294 e. The summed E-state index contributed by atoms with van der Waals surface area (Å²) in [5.41, 5.74) is 2.58. The van der Waals surface area contributed by atoms with Gasteiger partial charge in [0.15, 0.2) is 0 Å². The molecule has 1 N–H and O–H groups in total. The molecule has 0 unspecified atom stereocenters. The van der Waals surface area contributed by atoms with E-state index in [1.807, 2.05) is 12.1 Å². The fourth-order valence-electron chi connectivity index (χ4n) is 4.23. The zero-order chi connectivity index (χ0) is 27.5. The second kappa shape index (κ2) is 11.1. The number of anilines is 2. The molecule has 0 radical (unpaired) electrons. The van der Waals surface area contributed by atoms with E-state index in [0.29, 0.717) is 53.3 Å². The number of furan rings is 1. The Morgan fingerprint density at radius 1 is 1.10 bits per heavy atom. The summed E-state index contributed by atoms with van der Waals surface area (Å²) >= 11 is 0.710. The molecule has 12 heteroatoms. The van der Waals surface area contributed by atoms with E-state index in [2.05, 4.69) is 10.2 Å². The number of ether oxygens (including phenoxy) is 1. The highest BCUT2D eigenvalue weighted by atomic mass is 32.2. The minimum Gasteiger partial charge on any atom is -0.457 e. The molecule has 0 bridgehead atoms. The molecule has 2 saturated heterocycles. The summed E-state index contributed by atoms with van der Waals surface area (Å²) in [6, 6.07) is 15.3. The van der Waals surface area contributed by atoms with Crippen LogP contribution in [0, 0.1) is 17.0 Å². The molecule has 2 aliphatic rings. The number of nitro groups is 1. The third-order valence-corrected chi connectivity index (χ3v) is 7.20. The molecular formula is C27H24N4O7S. The van der Waals surface area contributed by atoms with E-state index >= 15 is 0 Å². The summed E-state index contributed by atoms with van der Waals surface area (Å²) in [4.78, 5) is 51.9. The zero-order valence-electron chi connectivity index (χ0n) is 20.9. The van der Waals surface area contributed by atoms with Crippen molar-refractivity contribution in [1.29, 1.82) is 0 Å². The van der Waals surface area contributed by atoms with Crippen molar-refractivity contribution in [1.82, 2.24) is 4.90 Å². The molecule has 5 rings (SSSR count). The Bertz CT molecular complexity index is 1480. The summed E-state index contributed by atoms with van der Waals surface area (Å²) in [5, 5.41) is 13.4. The van der Waals surface area contributed by atoms with Crippen LogP contribution in [-0.4, -0.2) is 59.7 Å². The van der Waals surface area contributed by atoms with Crippen molar-refractivity contribution in [2.75, 3.05) is 43.1 Å². The summed E-state index contributed by atoms with van der Waals surface area (Å²) in [6.45, 7) is 4.16. The fourth-order valence-corrected chi connectivity index (χ4v) is 5.05. The number of imide groups is 1. The largest absolute Gasteiger partial charge is 0.457 e. The number of rotatable bonds is 7. The fraction of sp³-hybridized carbons (Fsp3) is 0.222. The van der Waals surface area contributed by atoms with Crippen molar-refractivity contribution in [3.63, 3.8) is 0 Å². The van der Waals surface area contributed by atoms with E-state index < -0.39 is 28.5 Å². The van der Waals surface area contributed by atoms with Gasteiger partial charge in [0.05, 0.1) is 23.0 Å². The monoisotopic (exact) mass is 548 g/mol. The zero-order valence-corrected chi connectivity index (χ0v) is 21.7. The van der Waals surface area contributed by atoms with Crippen LogP contribution in [0.2, 0.25) is 0 Å². The van der Waals surface area contributed by atoms with Crippen LogP contribution in [0.3, 0.4) is 0 Å². The Balaban J connectivity index is 1.22. The maximum absolute atomic E-state index is 12.9. The predicted molar refractivity (Wildman–Crippen MR) is 146 cm³/mol. The first kappa shape index (κ1) is 26.2. The Kier molecular flexibility index (Phi) is 7.48. The number of aryl methyl sites for hydroxylation is 1. The first-order valence-corrected chi connectivity index (χ1v) is 12.9. The van der Waals surface area contributed by atoms with Crippen molar-refractivity contribution in [3.8, 4) is 11.3 Å². The molecule has 3 amide bonds. The second-order valence-electron chi connectivity index (χ2n) is 8.92. The minimum absolute atomic E-state index is 0.0297. The van der Waals surface area contributed by atoms with Crippen molar-refractivity contribution in [3.05, 3.63) is 80.9 Å². The predicted octanol–water partition coefficient (Wildman–Crippen LogP) is 4.67. The van der Waals surface area contributed by atoms with Gasteiger partial charge in [-0.3, -0.25) is 29.4 Å². The molecule has 0 spiro atoms. The second-order valence-corrected chi connectivity index (χ2v) is 9.92. The Morgan fingerprint density at radius 3 is 2.56 bits per heavy atom. The molecule has 2 fully saturated rings. The van der Waals surface area contributed by atoms with E-state index in [1.165, 1.54) is 12.1 Å². The van der Waals surface area contributed by atoms with Crippen LogP contribution in [0.25, 0.3) is 17.4 Å². The van der Waals surface area contributed by atoms with E-state index in [1.54, 1.807) is 43.3 Å². The smallest absolute Gasteiger partial charge is 0.294 e. The van der Waals surface area contributed by atoms with Crippen molar-refractivity contribution in [2.45, 2.75) is 6.92 Å². The molecule has 3 heterocycles. The Morgan fingerprint density at radius 2 is 1.85 bits per heavy atom. The van der Waals surface area contributed by atoms with Gasteiger partial charge in [-0.1, -0.05) is 12.1 Å². The maximum atomic E-state index is 12.9. The van der Waals surface area contributed by atoms with E-state index in [4.69, 9.17) is 9.15 Å². The molecule has 0 atom stereocenters. The number of benzene rings is 2. The molecular weight excluding hydrogens is 524 g/mol. The summed E-state index contributed by atoms with van der Waals surface area (Å²) in [5.74, 6) is -0.434. The molecule has 1 aromatic heterocycles. The van der Waals surface area contributed by atoms with Gasteiger partial charge in [-0.15, -0.1) is 0 Å². The number of hydrogen-bond acceptors (Lipinski definition) is 9. The number of carbonyl (C=O) groups is 3. The van der Waals surface area contributed by atoms with Crippen LogP contribution < -0.4 is 10.2 Å². The van der Waals surface area contributed by atoms with Crippen LogP contribution in [0.5, 0.6) is 0 Å². The highest BCUT2D eigenvalue weighted by Crippen LogP contribution is 2.34. The lowest BCUT2D eigenvalue weighted by Gasteiger charge is -2.28. The number of nitrogens with one attached hydrogen (secondary N) is 1. The van der Waals surface area contributed by atoms with E-state index in [0.717, 1.165) is 23.7 Å². The van der Waals surface area contributed by atoms with Gasteiger partial charge < -0.3 is 19.4 Å². The summed E-state index contributed by atoms with van der Waals surface area (Å²) in [7, 11) is 0. The number of thioether (sulfide) groups is 1. The molecule has 2 aromatic carbocycles. The number of nitro benzene ring substituents is 1. The molecule has 0 aliphatic carbocycles. The van der Waals surface area contributed by atoms with E-state index in [-0.39, 0.29) is 10.6 Å². The van der Waals surface area contributed by atoms with Crippen molar-refractivity contribution >= 4 is 52.0 Å². The van der Waals surface area contributed by atoms with Gasteiger partial charge in [-0.2, -0.15) is 0 Å². The SMILES string of the molecule is Cc1ccc(-c2ccc(/C=C3/SC(=O)N(CC(=O)Nc4ccc(N5CCOCC5)cc4)C3=O)o2)cc1[N+](=O)[O-]. The molecule has 200 valence electrons. The third kappa shape index (κ3) is 5.86. The lowest BCUT2D eigenvalue weighted by atomic mass is 10.1. The van der Waals surface area contributed by atoms with Crippen LogP contribution in [0.15, 0.2) is 63.9 Å². The number of nitrogens with zero attached hydrogens (tertiary/aromatic N) is 3. The lowest BCUT2D eigenvalue weighted by molar-refractivity contribution is -0.385. The topological polar surface area (TPSA) is 135 Å². The molecule has 2 aliphatic heterocycles. The molecule has 39 heavy (non-hydrogen) atoms. The van der Waals surface area contributed by atoms with Gasteiger partial charge in [-0.05, 0) is 55.1 Å². The first-order chi connectivity index (χ1) is 18.8. The van der Waals surface area contributed by atoms with Crippen molar-refractivity contribution in [2.24, 2.45) is 0 Å².